The summed E-state index contributed by atoms with van der Waals surface area (Å²) in [7, 11) is 0. The summed E-state index contributed by atoms with van der Waals surface area (Å²) < 4.78 is 0. The number of nitrogens with one attached hydrogen (secondary N) is 1. The molecule has 1 heterocycles. The van der Waals surface area contributed by atoms with Crippen LogP contribution in [0.5, 0.6) is 0 Å². The standard InChI is InChI=1S/C19H26N2O2/c1-7-15-16(19(4,5)6)18(21(22)23)17(20-15)14-11-9-8-10-13(14)12(2)3/h8-12,20H,7H2,1-6H3. The average Bonchev–Trinajstić information content (AvgIpc) is 2.86. The lowest BCUT2D eigenvalue weighted by Gasteiger charge is -2.18. The Morgan fingerprint density at radius 2 is 1.83 bits per heavy atom. The second kappa shape index (κ2) is 6.19. The van der Waals surface area contributed by atoms with Gasteiger partial charge in [-0.3, -0.25) is 10.1 Å². The van der Waals surface area contributed by atoms with E-state index in [0.717, 1.165) is 28.8 Å². The van der Waals surface area contributed by atoms with Gasteiger partial charge in [-0.05, 0) is 23.3 Å². The molecule has 0 radical (unpaired) electrons. The van der Waals surface area contributed by atoms with E-state index in [0.29, 0.717) is 11.6 Å². The molecule has 0 spiro atoms. The van der Waals surface area contributed by atoms with Gasteiger partial charge in [0.25, 0.3) is 5.69 Å². The van der Waals surface area contributed by atoms with Crippen molar-refractivity contribution in [1.29, 1.82) is 0 Å². The minimum atomic E-state index is -0.282. The third-order valence-corrected chi connectivity index (χ3v) is 4.19. The van der Waals surface area contributed by atoms with Crippen LogP contribution >= 0.6 is 0 Å². The van der Waals surface area contributed by atoms with Gasteiger partial charge in [0, 0.05) is 11.3 Å². The molecule has 0 atom stereocenters. The van der Waals surface area contributed by atoms with E-state index in [-0.39, 0.29) is 16.0 Å². The molecule has 4 heteroatoms. The fraction of sp³-hybridized carbons (Fsp3) is 0.474. The predicted molar refractivity (Wildman–Crippen MR) is 95.1 cm³/mol. The quantitative estimate of drug-likeness (QED) is 0.592. The number of hydrogen-bond donors (Lipinski definition) is 1. The maximum absolute atomic E-state index is 11.9. The maximum Gasteiger partial charge on any atom is 0.298 e. The molecule has 0 aliphatic rings. The van der Waals surface area contributed by atoms with Crippen molar-refractivity contribution in [3.8, 4) is 11.3 Å². The van der Waals surface area contributed by atoms with Crippen molar-refractivity contribution in [1.82, 2.24) is 4.98 Å². The zero-order valence-electron chi connectivity index (χ0n) is 14.9. The van der Waals surface area contributed by atoms with E-state index in [9.17, 15) is 10.1 Å². The molecule has 23 heavy (non-hydrogen) atoms. The number of rotatable bonds is 4. The van der Waals surface area contributed by atoms with Crippen LogP contribution in [0.15, 0.2) is 24.3 Å². The number of benzene rings is 1. The Morgan fingerprint density at radius 1 is 1.22 bits per heavy atom. The molecule has 0 amide bonds. The van der Waals surface area contributed by atoms with Crippen molar-refractivity contribution in [2.75, 3.05) is 0 Å². The SMILES string of the molecule is CCc1[nH]c(-c2ccccc2C(C)C)c([N+](=O)[O-])c1C(C)(C)C. The van der Waals surface area contributed by atoms with Crippen LogP contribution in [0.25, 0.3) is 11.3 Å². The highest BCUT2D eigenvalue weighted by molar-refractivity contribution is 5.77. The summed E-state index contributed by atoms with van der Waals surface area (Å²) in [4.78, 5) is 15.0. The third-order valence-electron chi connectivity index (χ3n) is 4.19. The number of hydrogen-bond acceptors (Lipinski definition) is 2. The molecule has 0 aliphatic heterocycles. The van der Waals surface area contributed by atoms with Gasteiger partial charge in [0.15, 0.2) is 0 Å². The van der Waals surface area contributed by atoms with Crippen LogP contribution in [0, 0.1) is 10.1 Å². The van der Waals surface area contributed by atoms with Gasteiger partial charge < -0.3 is 4.98 Å². The first-order valence-corrected chi connectivity index (χ1v) is 8.17. The molecular formula is C19H26N2O2. The van der Waals surface area contributed by atoms with Crippen LogP contribution < -0.4 is 0 Å². The number of H-pyrrole nitrogens is 1. The molecule has 0 unspecified atom stereocenters. The van der Waals surface area contributed by atoms with Crippen molar-refractivity contribution in [2.24, 2.45) is 0 Å². The third kappa shape index (κ3) is 3.16. The normalized spacial score (nSPS) is 12.0. The fourth-order valence-corrected chi connectivity index (χ4v) is 3.22. The topological polar surface area (TPSA) is 58.9 Å². The smallest absolute Gasteiger partial charge is 0.298 e. The van der Waals surface area contributed by atoms with E-state index in [2.05, 4.69) is 18.8 Å². The van der Waals surface area contributed by atoms with E-state index in [1.165, 1.54) is 0 Å². The minimum Gasteiger partial charge on any atom is -0.352 e. The monoisotopic (exact) mass is 314 g/mol. The molecule has 0 fully saturated rings. The maximum atomic E-state index is 11.9. The first-order valence-electron chi connectivity index (χ1n) is 8.17. The summed E-state index contributed by atoms with van der Waals surface area (Å²) in [5, 5.41) is 11.9. The minimum absolute atomic E-state index is 0.224. The fourth-order valence-electron chi connectivity index (χ4n) is 3.22. The highest BCUT2D eigenvalue weighted by Crippen LogP contribution is 2.43. The summed E-state index contributed by atoms with van der Waals surface area (Å²) >= 11 is 0. The molecule has 1 aromatic carbocycles. The highest BCUT2D eigenvalue weighted by Gasteiger charge is 2.34. The number of aromatic amines is 1. The molecule has 0 saturated heterocycles. The number of aryl methyl sites for hydroxylation is 1. The van der Waals surface area contributed by atoms with Gasteiger partial charge in [-0.15, -0.1) is 0 Å². The van der Waals surface area contributed by atoms with Crippen LogP contribution in [-0.2, 0) is 11.8 Å². The summed E-state index contributed by atoms with van der Waals surface area (Å²) in [6, 6.07) is 7.94. The van der Waals surface area contributed by atoms with E-state index in [1.54, 1.807) is 0 Å². The molecule has 1 N–H and O–H groups in total. The van der Waals surface area contributed by atoms with Crippen molar-refractivity contribution in [3.05, 3.63) is 51.2 Å². The molecule has 2 rings (SSSR count). The van der Waals surface area contributed by atoms with Crippen LogP contribution in [0.2, 0.25) is 0 Å². The van der Waals surface area contributed by atoms with Crippen molar-refractivity contribution in [3.63, 3.8) is 0 Å². The van der Waals surface area contributed by atoms with E-state index in [1.807, 2.05) is 52.0 Å². The zero-order valence-corrected chi connectivity index (χ0v) is 14.9. The first kappa shape index (κ1) is 17.3. The Kier molecular flexibility index (Phi) is 4.64. The lowest BCUT2D eigenvalue weighted by molar-refractivity contribution is -0.385. The summed E-state index contributed by atoms with van der Waals surface area (Å²) in [6.45, 7) is 12.3. The second-order valence-electron chi connectivity index (χ2n) is 7.30. The largest absolute Gasteiger partial charge is 0.352 e. The Balaban J connectivity index is 2.84. The van der Waals surface area contributed by atoms with Gasteiger partial charge in [-0.25, -0.2) is 0 Å². The van der Waals surface area contributed by atoms with Crippen LogP contribution in [-0.4, -0.2) is 9.91 Å². The number of nitro groups is 1. The molecule has 124 valence electrons. The molecule has 4 nitrogen and oxygen atoms in total. The van der Waals surface area contributed by atoms with Gasteiger partial charge in [0.05, 0.1) is 10.5 Å². The Labute approximate surface area is 138 Å². The molecule has 0 aliphatic carbocycles. The van der Waals surface area contributed by atoms with E-state index >= 15 is 0 Å². The molecular weight excluding hydrogens is 288 g/mol. The van der Waals surface area contributed by atoms with Crippen LogP contribution in [0.4, 0.5) is 5.69 Å². The van der Waals surface area contributed by atoms with Gasteiger partial charge >= 0.3 is 0 Å². The Hall–Kier alpha value is -2.10. The van der Waals surface area contributed by atoms with Gasteiger partial charge in [-0.1, -0.05) is 65.8 Å². The van der Waals surface area contributed by atoms with Crippen LogP contribution in [0.3, 0.4) is 0 Å². The first-order chi connectivity index (χ1) is 10.7. The second-order valence-corrected chi connectivity index (χ2v) is 7.30. The lowest BCUT2D eigenvalue weighted by atomic mass is 9.84. The van der Waals surface area contributed by atoms with Crippen molar-refractivity contribution >= 4 is 5.69 Å². The molecule has 2 aromatic rings. The highest BCUT2D eigenvalue weighted by atomic mass is 16.6. The van der Waals surface area contributed by atoms with Crippen molar-refractivity contribution < 1.29 is 4.92 Å². The van der Waals surface area contributed by atoms with Gasteiger partial charge in [-0.2, -0.15) is 0 Å². The number of nitrogens with zero attached hydrogens (tertiary/aromatic N) is 1. The summed E-state index contributed by atoms with van der Waals surface area (Å²) in [6.07, 6.45) is 0.747. The molecule has 0 bridgehead atoms. The summed E-state index contributed by atoms with van der Waals surface area (Å²) in [5.41, 5.74) is 4.41. The zero-order chi connectivity index (χ0) is 17.4. The lowest BCUT2D eigenvalue weighted by Crippen LogP contribution is -2.14. The summed E-state index contributed by atoms with van der Waals surface area (Å²) in [5.74, 6) is 0.303. The predicted octanol–water partition coefficient (Wildman–Crippen LogP) is 5.57. The average molecular weight is 314 g/mol. The van der Waals surface area contributed by atoms with Crippen LogP contribution in [0.1, 0.15) is 64.3 Å². The molecule has 1 aromatic heterocycles. The number of aromatic nitrogens is 1. The van der Waals surface area contributed by atoms with Crippen molar-refractivity contribution in [2.45, 2.75) is 59.3 Å². The Bertz CT molecular complexity index is 721. The van der Waals surface area contributed by atoms with Gasteiger partial charge in [0.1, 0.15) is 5.69 Å². The Morgan fingerprint density at radius 3 is 2.30 bits per heavy atom. The van der Waals surface area contributed by atoms with E-state index < -0.39 is 0 Å². The van der Waals surface area contributed by atoms with Gasteiger partial charge in [0.2, 0.25) is 0 Å². The van der Waals surface area contributed by atoms with E-state index in [4.69, 9.17) is 0 Å². The molecule has 0 saturated carbocycles.